The summed E-state index contributed by atoms with van der Waals surface area (Å²) in [5, 5.41) is 5.17. The van der Waals surface area contributed by atoms with Crippen LogP contribution in [-0.4, -0.2) is 16.5 Å². The fraction of sp³-hybridized carbons (Fsp3) is 0.842. The van der Waals surface area contributed by atoms with Crippen molar-refractivity contribution >= 4 is 6.85 Å². The minimum absolute atomic E-state index is 0.134. The van der Waals surface area contributed by atoms with E-state index in [0.29, 0.717) is 6.85 Å². The highest BCUT2D eigenvalue weighted by Gasteiger charge is 2.44. The summed E-state index contributed by atoms with van der Waals surface area (Å²) in [5.74, 6) is 1.72. The summed E-state index contributed by atoms with van der Waals surface area (Å²) in [6.45, 7) is 14.5. The van der Waals surface area contributed by atoms with E-state index in [1.54, 1.807) is 0 Å². The summed E-state index contributed by atoms with van der Waals surface area (Å²) in [6.07, 6.45) is 8.52. The van der Waals surface area contributed by atoms with Crippen molar-refractivity contribution in [3.8, 4) is 0 Å². The molecule has 2 nitrogen and oxygen atoms in total. The Morgan fingerprint density at radius 1 is 0.909 bits per heavy atom. The molecule has 2 fully saturated rings. The summed E-state index contributed by atoms with van der Waals surface area (Å²) in [7, 11) is 0. The van der Waals surface area contributed by atoms with E-state index < -0.39 is 0 Å². The Morgan fingerprint density at radius 2 is 1.41 bits per heavy atom. The predicted octanol–water partition coefficient (Wildman–Crippen LogP) is 5.43. The third-order valence-corrected chi connectivity index (χ3v) is 5.82. The molecule has 0 unspecified atom stereocenters. The van der Waals surface area contributed by atoms with Crippen molar-refractivity contribution in [1.29, 1.82) is 0 Å². The summed E-state index contributed by atoms with van der Waals surface area (Å²) < 4.78 is 2.48. The van der Waals surface area contributed by atoms with E-state index in [9.17, 15) is 0 Å². The van der Waals surface area contributed by atoms with Crippen molar-refractivity contribution in [2.75, 3.05) is 0 Å². The highest BCUT2D eigenvalue weighted by molar-refractivity contribution is 6.60. The first-order valence-corrected chi connectivity index (χ1v) is 9.28. The maximum Gasteiger partial charge on any atom is 0.290 e. The van der Waals surface area contributed by atoms with Gasteiger partial charge in [-0.25, -0.2) is 0 Å². The summed E-state index contributed by atoms with van der Waals surface area (Å²) in [4.78, 5) is 0. The summed E-state index contributed by atoms with van der Waals surface area (Å²) in [6, 6.07) is 2.39. The number of rotatable bonds is 1. The van der Waals surface area contributed by atoms with Gasteiger partial charge in [0.15, 0.2) is 0 Å². The summed E-state index contributed by atoms with van der Waals surface area (Å²) in [5.41, 5.74) is 3.01. The zero-order valence-corrected chi connectivity index (χ0v) is 15.4. The molecule has 0 aromatic carbocycles. The van der Waals surface area contributed by atoms with Crippen LogP contribution in [0.5, 0.6) is 0 Å². The average Bonchev–Trinajstić information content (AvgIpc) is 2.82. The highest BCUT2D eigenvalue weighted by Crippen LogP contribution is 2.47. The summed E-state index contributed by atoms with van der Waals surface area (Å²) >= 11 is 0. The Balaban J connectivity index is 2.07. The monoisotopic (exact) mass is 300 g/mol. The van der Waals surface area contributed by atoms with Crippen molar-refractivity contribution in [1.82, 2.24) is 9.69 Å². The van der Waals surface area contributed by atoms with E-state index in [0.717, 1.165) is 11.6 Å². The fourth-order valence-corrected chi connectivity index (χ4v) is 4.59. The molecule has 0 atom stereocenters. The van der Waals surface area contributed by atoms with Crippen molar-refractivity contribution in [2.45, 2.75) is 103 Å². The standard InChI is InChI=1S/C19H33BN2/c1-18(2,3)16-13-17(19(4,5)6)22(21-16)20-14-9-7-10-15(20)12-8-11-14/h13-15H,7-12H2,1-6H3. The van der Waals surface area contributed by atoms with Gasteiger partial charge < -0.3 is 4.59 Å². The third-order valence-electron chi connectivity index (χ3n) is 5.82. The molecule has 0 aliphatic carbocycles. The molecule has 22 heavy (non-hydrogen) atoms. The maximum absolute atomic E-state index is 5.17. The lowest BCUT2D eigenvalue weighted by Gasteiger charge is -2.41. The van der Waals surface area contributed by atoms with E-state index >= 15 is 0 Å². The lowest BCUT2D eigenvalue weighted by atomic mass is 9.34. The molecule has 2 bridgehead atoms. The second-order valence-corrected chi connectivity index (χ2v) is 9.73. The van der Waals surface area contributed by atoms with Gasteiger partial charge in [-0.05, 0) is 17.7 Å². The molecule has 0 N–H and O–H groups in total. The molecule has 0 saturated carbocycles. The van der Waals surface area contributed by atoms with E-state index in [-0.39, 0.29) is 10.8 Å². The molecule has 1 aromatic rings. The molecule has 2 aliphatic rings. The second kappa shape index (κ2) is 5.42. The second-order valence-electron chi connectivity index (χ2n) is 9.73. The van der Waals surface area contributed by atoms with Crippen molar-refractivity contribution in [2.24, 2.45) is 0 Å². The number of fused-ring (bicyclic) bond motifs is 2. The number of hydrogen-bond donors (Lipinski definition) is 0. The average molecular weight is 300 g/mol. The molecule has 2 saturated heterocycles. The van der Waals surface area contributed by atoms with Gasteiger partial charge in [-0.3, -0.25) is 0 Å². The van der Waals surface area contributed by atoms with Crippen LogP contribution >= 0.6 is 0 Å². The molecule has 2 aliphatic heterocycles. The molecular weight excluding hydrogens is 267 g/mol. The van der Waals surface area contributed by atoms with Crippen molar-refractivity contribution in [3.63, 3.8) is 0 Å². The number of hydrogen-bond acceptors (Lipinski definition) is 1. The van der Waals surface area contributed by atoms with Crippen LogP contribution in [-0.2, 0) is 10.8 Å². The molecule has 3 rings (SSSR count). The van der Waals surface area contributed by atoms with E-state index in [1.807, 2.05) is 0 Å². The lowest BCUT2D eigenvalue weighted by molar-refractivity contribution is 0.426. The maximum atomic E-state index is 5.17. The molecule has 1 aromatic heterocycles. The van der Waals surface area contributed by atoms with Crippen LogP contribution in [0.2, 0.25) is 11.6 Å². The number of aromatic nitrogens is 2. The normalized spacial score (nSPS) is 26.4. The Morgan fingerprint density at radius 3 is 1.82 bits per heavy atom. The quantitative estimate of drug-likeness (QED) is 0.633. The predicted molar refractivity (Wildman–Crippen MR) is 96.0 cm³/mol. The molecule has 0 spiro atoms. The fourth-order valence-electron chi connectivity index (χ4n) is 4.59. The molecule has 3 heterocycles. The number of nitrogens with zero attached hydrogens (tertiary/aromatic N) is 2. The van der Waals surface area contributed by atoms with Crippen LogP contribution < -0.4 is 0 Å². The Hall–Kier alpha value is -0.725. The Bertz CT molecular complexity index is 511. The van der Waals surface area contributed by atoms with Gasteiger partial charge >= 0.3 is 0 Å². The Kier molecular flexibility index (Phi) is 3.98. The van der Waals surface area contributed by atoms with Gasteiger partial charge in [0, 0.05) is 16.5 Å². The van der Waals surface area contributed by atoms with Gasteiger partial charge in [0.1, 0.15) is 0 Å². The van der Waals surface area contributed by atoms with E-state index in [1.165, 1.54) is 49.9 Å². The molecule has 122 valence electrons. The highest BCUT2D eigenvalue weighted by atomic mass is 15.3. The molecule has 0 radical (unpaired) electrons. The van der Waals surface area contributed by atoms with Crippen LogP contribution in [0.1, 0.15) is 91.5 Å². The SMILES string of the molecule is CC(C)(C)c1cc(C(C)(C)C)n(B2C3CCCC2CCC3)n1. The molecular formula is C19H33BN2. The Labute approximate surface area is 137 Å². The van der Waals surface area contributed by atoms with Crippen LogP contribution in [0, 0.1) is 0 Å². The van der Waals surface area contributed by atoms with Gasteiger partial charge in [0.25, 0.3) is 6.85 Å². The minimum atomic E-state index is 0.134. The zero-order valence-electron chi connectivity index (χ0n) is 15.4. The smallest absolute Gasteiger partial charge is 0.290 e. The lowest BCUT2D eigenvalue weighted by Crippen LogP contribution is -2.44. The van der Waals surface area contributed by atoms with E-state index in [2.05, 4.69) is 52.2 Å². The van der Waals surface area contributed by atoms with Crippen LogP contribution in [0.25, 0.3) is 0 Å². The van der Waals surface area contributed by atoms with Gasteiger partial charge in [-0.1, -0.05) is 80.1 Å². The molecule has 0 amide bonds. The topological polar surface area (TPSA) is 17.8 Å². The van der Waals surface area contributed by atoms with Crippen molar-refractivity contribution < 1.29 is 0 Å². The largest absolute Gasteiger partial charge is 0.313 e. The van der Waals surface area contributed by atoms with Crippen molar-refractivity contribution in [3.05, 3.63) is 17.5 Å². The van der Waals surface area contributed by atoms with Gasteiger partial charge in [0.2, 0.25) is 0 Å². The van der Waals surface area contributed by atoms with Crippen LogP contribution in [0.3, 0.4) is 0 Å². The molecule has 3 heteroatoms. The zero-order chi connectivity index (χ0) is 16.1. The van der Waals surface area contributed by atoms with Gasteiger partial charge in [-0.2, -0.15) is 5.10 Å². The van der Waals surface area contributed by atoms with Gasteiger partial charge in [0.05, 0.1) is 5.69 Å². The first kappa shape index (κ1) is 16.1. The third kappa shape index (κ3) is 2.88. The van der Waals surface area contributed by atoms with Crippen LogP contribution in [0.15, 0.2) is 6.07 Å². The first-order chi connectivity index (χ1) is 10.2. The van der Waals surface area contributed by atoms with Crippen LogP contribution in [0.4, 0.5) is 0 Å². The first-order valence-electron chi connectivity index (χ1n) is 9.28. The van der Waals surface area contributed by atoms with E-state index in [4.69, 9.17) is 5.10 Å². The minimum Gasteiger partial charge on any atom is -0.313 e. The van der Waals surface area contributed by atoms with Gasteiger partial charge in [-0.15, -0.1) is 0 Å².